The monoisotopic (exact) mass is 1780 g/mol. The van der Waals surface area contributed by atoms with Gasteiger partial charge in [-0.05, 0) is 299 Å². The molecule has 16 heteroatoms. The van der Waals surface area contributed by atoms with Crippen molar-refractivity contribution in [1.82, 2.24) is 0 Å². The van der Waals surface area contributed by atoms with Crippen molar-refractivity contribution in [2.24, 2.45) is 0 Å². The van der Waals surface area contributed by atoms with E-state index in [1.807, 2.05) is 146 Å². The van der Waals surface area contributed by atoms with Crippen LogP contribution in [0.4, 0.5) is 68.2 Å². The number of fused-ring (bicyclic) bond motifs is 18. The van der Waals surface area contributed by atoms with E-state index in [2.05, 4.69) is 276 Å². The number of anilines is 12. The first-order chi connectivity index (χ1) is 66.9. The number of para-hydroxylation sites is 6. The van der Waals surface area contributed by atoms with Gasteiger partial charge in [-0.15, -0.1) is 0 Å². The molecule has 16 nitrogen and oxygen atoms in total. The summed E-state index contributed by atoms with van der Waals surface area (Å²) in [7, 11) is 9.75. The third-order valence-electron chi connectivity index (χ3n) is 25.7. The maximum Gasteiger partial charge on any atom is 0.203 e. The van der Waals surface area contributed by atoms with Gasteiger partial charge in [0.05, 0.1) is 54.0 Å². The van der Waals surface area contributed by atoms with Crippen LogP contribution in [0.2, 0.25) is 0 Å². The fourth-order valence-electron chi connectivity index (χ4n) is 19.1. The van der Waals surface area contributed by atoms with E-state index in [-0.39, 0.29) is 0 Å². The average Bonchev–Trinajstić information content (AvgIpc) is 1.58. The molecule has 0 bridgehead atoms. The van der Waals surface area contributed by atoms with E-state index < -0.39 is 0 Å². The van der Waals surface area contributed by atoms with Crippen molar-refractivity contribution in [3.05, 3.63) is 399 Å². The Labute approximate surface area is 782 Å². The predicted octanol–water partition coefficient (Wildman–Crippen LogP) is 33.7. The highest BCUT2D eigenvalue weighted by Crippen LogP contribution is 2.52. The van der Waals surface area contributed by atoms with Gasteiger partial charge in [-0.1, -0.05) is 133 Å². The van der Waals surface area contributed by atoms with Crippen LogP contribution in [0.3, 0.4) is 0 Å². The topological polar surface area (TPSA) is 139 Å². The zero-order valence-corrected chi connectivity index (χ0v) is 75.6. The average molecular weight is 1780 g/mol. The fraction of sp³-hybridized carbons (Fsp3) is 0.0667. The summed E-state index contributed by atoms with van der Waals surface area (Å²) < 4.78 is 73.9. The van der Waals surface area contributed by atoms with Crippen molar-refractivity contribution in [1.29, 1.82) is 0 Å². The third kappa shape index (κ3) is 14.9. The molecule has 0 spiro atoms. The lowest BCUT2D eigenvalue weighted by atomic mass is 10.0. The second-order valence-corrected chi connectivity index (χ2v) is 33.7. The Bertz CT molecular complexity index is 8180. The molecule has 0 fully saturated rings. The van der Waals surface area contributed by atoms with Crippen LogP contribution in [0, 0.1) is 13.8 Å². The maximum absolute atomic E-state index is 6.80. The summed E-state index contributed by atoms with van der Waals surface area (Å²) in [5.41, 5.74) is 20.1. The summed E-state index contributed by atoms with van der Waals surface area (Å²) in [4.78, 5) is 8.94. The quantitative estimate of drug-likeness (QED) is 0.0635. The number of aryl methyl sites for hydroxylation is 2. The van der Waals surface area contributed by atoms with Gasteiger partial charge in [0.15, 0.2) is 45.3 Å². The molecular formula is C120H88N4O12. The molecule has 0 aliphatic carbocycles. The largest absolute Gasteiger partial charge is 0.493 e. The van der Waals surface area contributed by atoms with Crippen molar-refractivity contribution in [2.45, 2.75) is 13.8 Å². The Kier molecular flexibility index (Phi) is 21.0. The molecule has 0 unspecified atom stereocenters. The van der Waals surface area contributed by atoms with E-state index in [4.69, 9.17) is 55.6 Å². The van der Waals surface area contributed by atoms with Crippen molar-refractivity contribution in [3.8, 4) is 57.5 Å². The smallest absolute Gasteiger partial charge is 0.203 e. The molecule has 0 radical (unpaired) electrons. The minimum atomic E-state index is 0.532. The lowest BCUT2D eigenvalue weighted by molar-refractivity contribution is 0.324. The van der Waals surface area contributed by atoms with Crippen LogP contribution in [0.5, 0.6) is 57.5 Å². The Morgan fingerprint density at radius 1 is 0.184 bits per heavy atom. The molecule has 0 N–H and O–H groups in total. The van der Waals surface area contributed by atoms with Gasteiger partial charge in [0.25, 0.3) is 0 Å². The van der Waals surface area contributed by atoms with E-state index in [0.717, 1.165) is 222 Å². The van der Waals surface area contributed by atoms with Crippen LogP contribution in [0.25, 0.3) is 131 Å². The van der Waals surface area contributed by atoms with Gasteiger partial charge in [-0.25, -0.2) is 0 Å². The minimum Gasteiger partial charge on any atom is -0.493 e. The lowest BCUT2D eigenvalue weighted by Crippen LogP contribution is -2.12. The van der Waals surface area contributed by atoms with Gasteiger partial charge < -0.3 is 75.2 Å². The molecule has 0 atom stereocenters. The molecule has 4 heterocycles. The molecule has 20 aromatic carbocycles. The van der Waals surface area contributed by atoms with Crippen molar-refractivity contribution in [2.75, 3.05) is 62.3 Å². The number of methoxy groups -OCH3 is 6. The SMILES string of the molecule is COc1cc(N(c2ccc3cc4c(cc3c2)oc2c4ccc3c4cc5ccc(N(c6cc(OC)c(OC)c(OC)c6)c6ccccc6C)cc5cc4oc32)c2ccccc2C)cc(OC)c1OC.c1ccc(Oc2ccc(N(c3ccccc3)c3ccc4cc5c(cc4c3)oc3c5ccc4c5cc6ccc(N(c7ccccc7)c7ccc(Oc8ccccc8)cc7)cc6cc5oc43)cc2)cc1. The highest BCUT2D eigenvalue weighted by atomic mass is 16.5. The van der Waals surface area contributed by atoms with Crippen molar-refractivity contribution >= 4 is 199 Å². The zero-order valence-electron chi connectivity index (χ0n) is 75.6. The Balaban J connectivity index is 0.000000153. The molecule has 0 aliphatic heterocycles. The lowest BCUT2D eigenvalue weighted by Gasteiger charge is -2.28. The molecule has 0 saturated carbocycles. The molecule has 660 valence electrons. The highest BCUT2D eigenvalue weighted by molar-refractivity contribution is 6.24. The van der Waals surface area contributed by atoms with Gasteiger partial charge in [-0.3, -0.25) is 0 Å². The first-order valence-electron chi connectivity index (χ1n) is 44.9. The molecule has 24 rings (SSSR count). The highest BCUT2D eigenvalue weighted by Gasteiger charge is 2.28. The van der Waals surface area contributed by atoms with E-state index in [9.17, 15) is 0 Å². The number of hydrogen-bond donors (Lipinski definition) is 0. The third-order valence-corrected chi connectivity index (χ3v) is 25.7. The number of rotatable bonds is 22. The molecule has 24 aromatic rings. The van der Waals surface area contributed by atoms with E-state index in [1.165, 1.54) is 0 Å². The number of furan rings is 4. The Morgan fingerprint density at radius 3 is 0.713 bits per heavy atom. The Hall–Kier alpha value is -17.8. The molecular weight excluding hydrogens is 1690 g/mol. The normalized spacial score (nSPS) is 11.5. The first-order valence-corrected chi connectivity index (χ1v) is 44.9. The van der Waals surface area contributed by atoms with Crippen LogP contribution >= 0.6 is 0 Å². The summed E-state index contributed by atoms with van der Waals surface area (Å²) in [6.45, 7) is 4.22. The molecule has 4 aromatic heterocycles. The summed E-state index contributed by atoms with van der Waals surface area (Å²) >= 11 is 0. The maximum atomic E-state index is 6.80. The molecule has 136 heavy (non-hydrogen) atoms. The summed E-state index contributed by atoms with van der Waals surface area (Å²) in [5.74, 6) is 6.49. The standard InChI is InChI=1S/C62H40N2O4.C58H48N2O8/c1-5-13-45(14-6-1)63(47-25-29-53(30-26-47)65-51-17-9-3-10-18-51)49-23-21-41-37-57-55-33-34-56-58-38-42-22-24-50(36-44(42)40-60(58)68-62(56)61(55)67-59(57)39-43(41)35-49)64(46-15-7-2-8-16-46)48-27-31-54(32-28-48)66-52-19-11-4-12-20-52;1-33-13-9-11-15-47(33)59(41-29-51(61-3)57(65-7)52(30-41)62-4)39-19-17-35-25-45-43-21-22-44-46-26-36-18-20-40(24-38(36)28-50(46)68-56(44)55(43)67-49(45)27-37(35)23-39)60(48-16-12-10-14-34(48)2)42-31-53(63-5)58(66-8)54(32-42)64-6/h1-40H;9-32H,1-8H3. The molecule has 0 amide bonds. The number of hydrogen-bond acceptors (Lipinski definition) is 16. The van der Waals surface area contributed by atoms with Gasteiger partial charge in [-0.2, -0.15) is 0 Å². The fourth-order valence-corrected chi connectivity index (χ4v) is 19.1. The van der Waals surface area contributed by atoms with Crippen LogP contribution in [-0.2, 0) is 0 Å². The van der Waals surface area contributed by atoms with Gasteiger partial charge in [0.2, 0.25) is 11.5 Å². The minimum absolute atomic E-state index is 0.532. The van der Waals surface area contributed by atoms with E-state index >= 15 is 0 Å². The number of ether oxygens (including phenoxy) is 8. The molecule has 0 saturated heterocycles. The van der Waals surface area contributed by atoms with E-state index in [1.54, 1.807) is 42.7 Å². The van der Waals surface area contributed by atoms with Gasteiger partial charge in [0.1, 0.15) is 45.3 Å². The molecule has 0 aliphatic rings. The van der Waals surface area contributed by atoms with Crippen LogP contribution in [0.1, 0.15) is 11.1 Å². The zero-order chi connectivity index (χ0) is 91.8. The summed E-state index contributed by atoms with van der Waals surface area (Å²) in [6.07, 6.45) is 0. The summed E-state index contributed by atoms with van der Waals surface area (Å²) in [5, 5.41) is 16.7. The number of benzene rings is 20. The van der Waals surface area contributed by atoms with Crippen LogP contribution in [-0.4, -0.2) is 42.7 Å². The van der Waals surface area contributed by atoms with E-state index in [0.29, 0.717) is 45.7 Å². The van der Waals surface area contributed by atoms with Gasteiger partial charge >= 0.3 is 0 Å². The van der Waals surface area contributed by atoms with Gasteiger partial charge in [0, 0.05) is 124 Å². The first kappa shape index (κ1) is 82.6. The number of nitrogens with zero attached hydrogens (tertiary/aromatic N) is 4. The van der Waals surface area contributed by atoms with Crippen LogP contribution < -0.4 is 57.5 Å². The summed E-state index contributed by atoms with van der Waals surface area (Å²) in [6, 6.07) is 134. The second kappa shape index (κ2) is 34.5. The Morgan fingerprint density at radius 2 is 0.434 bits per heavy atom. The second-order valence-electron chi connectivity index (χ2n) is 33.7. The van der Waals surface area contributed by atoms with Crippen LogP contribution in [0.15, 0.2) is 406 Å². The van der Waals surface area contributed by atoms with Crippen molar-refractivity contribution in [3.63, 3.8) is 0 Å². The predicted molar refractivity (Wildman–Crippen MR) is 553 cm³/mol. The van der Waals surface area contributed by atoms with Crippen molar-refractivity contribution < 1.29 is 55.6 Å².